The van der Waals surface area contributed by atoms with Crippen LogP contribution in [0.25, 0.3) is 16.9 Å². The van der Waals surface area contributed by atoms with Gasteiger partial charge < -0.3 is 5.73 Å². The lowest BCUT2D eigenvalue weighted by Gasteiger charge is -2.03. The molecule has 3 aromatic rings. The Morgan fingerprint density at radius 1 is 1.05 bits per heavy atom. The van der Waals surface area contributed by atoms with Gasteiger partial charge in [0.1, 0.15) is 17.2 Å². The fraction of sp³-hybridized carbons (Fsp3) is 0.188. The number of fused-ring (bicyclic) bond motifs is 1. The molecule has 2 N–H and O–H groups in total. The zero-order valence-corrected chi connectivity index (χ0v) is 11.4. The zero-order chi connectivity index (χ0) is 13.6. The van der Waals surface area contributed by atoms with Crippen LogP contribution in [-0.4, -0.2) is 9.38 Å². The number of anilines is 1. The molecule has 0 unspecified atom stereocenters. The topological polar surface area (TPSA) is 43.3 Å². The number of aromatic nitrogens is 2. The van der Waals surface area contributed by atoms with Crippen molar-refractivity contribution in [1.29, 1.82) is 0 Å². The second-order valence-electron chi connectivity index (χ2n) is 5.11. The molecule has 0 saturated heterocycles. The predicted molar refractivity (Wildman–Crippen MR) is 79.3 cm³/mol. The van der Waals surface area contributed by atoms with Crippen LogP contribution >= 0.6 is 0 Å². The number of pyridine rings is 1. The van der Waals surface area contributed by atoms with E-state index >= 15 is 0 Å². The lowest BCUT2D eigenvalue weighted by Crippen LogP contribution is -1.94. The van der Waals surface area contributed by atoms with Gasteiger partial charge in [0.2, 0.25) is 0 Å². The molecule has 96 valence electrons. The molecule has 0 fully saturated rings. The summed E-state index contributed by atoms with van der Waals surface area (Å²) in [7, 11) is 0. The molecule has 0 atom stereocenters. The minimum absolute atomic E-state index is 0.698. The summed E-state index contributed by atoms with van der Waals surface area (Å²) in [6, 6.07) is 10.4. The first-order chi connectivity index (χ1) is 9.06. The Morgan fingerprint density at radius 2 is 1.74 bits per heavy atom. The van der Waals surface area contributed by atoms with E-state index in [2.05, 4.69) is 32.0 Å². The molecule has 3 nitrogen and oxygen atoms in total. The van der Waals surface area contributed by atoms with Crippen LogP contribution in [0.4, 0.5) is 5.82 Å². The lowest BCUT2D eigenvalue weighted by atomic mass is 10.1. The molecule has 1 aromatic carbocycles. The second-order valence-corrected chi connectivity index (χ2v) is 5.11. The van der Waals surface area contributed by atoms with Crippen molar-refractivity contribution in [3.8, 4) is 11.3 Å². The highest BCUT2D eigenvalue weighted by Crippen LogP contribution is 2.28. The van der Waals surface area contributed by atoms with E-state index in [1.54, 1.807) is 0 Å². The van der Waals surface area contributed by atoms with E-state index in [1.807, 2.05) is 29.7 Å². The lowest BCUT2D eigenvalue weighted by molar-refractivity contribution is 1.17. The Morgan fingerprint density at radius 3 is 2.37 bits per heavy atom. The van der Waals surface area contributed by atoms with Crippen molar-refractivity contribution >= 4 is 11.5 Å². The third kappa shape index (κ3) is 1.87. The molecule has 2 aromatic heterocycles. The van der Waals surface area contributed by atoms with Crippen molar-refractivity contribution in [1.82, 2.24) is 9.38 Å². The molecular formula is C16H17N3. The molecular weight excluding hydrogens is 234 g/mol. The van der Waals surface area contributed by atoms with E-state index in [-0.39, 0.29) is 0 Å². The summed E-state index contributed by atoms with van der Waals surface area (Å²) in [4.78, 5) is 4.70. The first-order valence-corrected chi connectivity index (χ1v) is 6.38. The molecule has 0 radical (unpaired) electrons. The first kappa shape index (κ1) is 11.8. The van der Waals surface area contributed by atoms with Crippen molar-refractivity contribution in [2.75, 3.05) is 5.73 Å². The highest BCUT2D eigenvalue weighted by Gasteiger charge is 2.12. The van der Waals surface area contributed by atoms with Crippen molar-refractivity contribution in [2.45, 2.75) is 20.8 Å². The largest absolute Gasteiger partial charge is 0.383 e. The monoisotopic (exact) mass is 251 g/mol. The van der Waals surface area contributed by atoms with E-state index in [0.717, 1.165) is 22.5 Å². The molecule has 2 heterocycles. The molecule has 3 heteroatoms. The number of hydrogen-bond donors (Lipinski definition) is 1. The number of imidazole rings is 1. The average molecular weight is 251 g/mol. The standard InChI is InChI=1S/C16H17N3/c1-10-7-11(2)9-13(8-10)14-15(17)19-6-4-5-12(3)16(19)18-14/h4-9H,17H2,1-3H3. The number of benzene rings is 1. The Labute approximate surface area is 112 Å². The highest BCUT2D eigenvalue weighted by molar-refractivity contribution is 5.76. The maximum atomic E-state index is 6.24. The van der Waals surface area contributed by atoms with Gasteiger partial charge in [-0.25, -0.2) is 4.98 Å². The second kappa shape index (κ2) is 4.12. The molecule has 0 aliphatic carbocycles. The Bertz CT molecular complexity index is 749. The van der Waals surface area contributed by atoms with Gasteiger partial charge in [-0.15, -0.1) is 0 Å². The summed E-state index contributed by atoms with van der Waals surface area (Å²) in [6.07, 6.45) is 1.96. The Kier molecular flexibility index (Phi) is 2.56. The molecule has 19 heavy (non-hydrogen) atoms. The Hall–Kier alpha value is -2.29. The maximum absolute atomic E-state index is 6.24. The average Bonchev–Trinajstić information content (AvgIpc) is 2.68. The summed E-state index contributed by atoms with van der Waals surface area (Å²) >= 11 is 0. The van der Waals surface area contributed by atoms with Crippen molar-refractivity contribution in [3.05, 3.63) is 53.2 Å². The van der Waals surface area contributed by atoms with Crippen LogP contribution in [0.5, 0.6) is 0 Å². The van der Waals surface area contributed by atoms with E-state index in [4.69, 9.17) is 10.7 Å². The number of rotatable bonds is 1. The Balaban J connectivity index is 2.31. The molecule has 3 rings (SSSR count). The number of nitrogens with two attached hydrogens (primary N) is 1. The minimum Gasteiger partial charge on any atom is -0.383 e. The van der Waals surface area contributed by atoms with E-state index < -0.39 is 0 Å². The van der Waals surface area contributed by atoms with Gasteiger partial charge in [-0.2, -0.15) is 0 Å². The van der Waals surface area contributed by atoms with Gasteiger partial charge in [0, 0.05) is 11.8 Å². The quantitative estimate of drug-likeness (QED) is 0.719. The third-order valence-corrected chi connectivity index (χ3v) is 3.38. The summed E-state index contributed by atoms with van der Waals surface area (Å²) in [5, 5.41) is 0. The third-order valence-electron chi connectivity index (χ3n) is 3.38. The summed E-state index contributed by atoms with van der Waals surface area (Å²) in [5.74, 6) is 0.698. The van der Waals surface area contributed by atoms with Crippen molar-refractivity contribution in [3.63, 3.8) is 0 Å². The van der Waals surface area contributed by atoms with Gasteiger partial charge in [-0.05, 0) is 44.5 Å². The number of nitrogens with zero attached hydrogens (tertiary/aromatic N) is 2. The molecule has 0 spiro atoms. The van der Waals surface area contributed by atoms with E-state index in [9.17, 15) is 0 Å². The number of aryl methyl sites for hydroxylation is 3. The van der Waals surface area contributed by atoms with Gasteiger partial charge in [0.05, 0.1) is 0 Å². The first-order valence-electron chi connectivity index (χ1n) is 6.38. The van der Waals surface area contributed by atoms with Crippen molar-refractivity contribution < 1.29 is 0 Å². The molecule has 0 bridgehead atoms. The molecule has 0 aliphatic heterocycles. The minimum atomic E-state index is 0.698. The molecule has 0 aliphatic rings. The van der Waals surface area contributed by atoms with Crippen molar-refractivity contribution in [2.24, 2.45) is 0 Å². The van der Waals surface area contributed by atoms with E-state index in [0.29, 0.717) is 5.82 Å². The highest BCUT2D eigenvalue weighted by atomic mass is 15.1. The SMILES string of the molecule is Cc1cc(C)cc(-c2nc3c(C)cccn3c2N)c1. The fourth-order valence-corrected chi connectivity index (χ4v) is 2.55. The smallest absolute Gasteiger partial charge is 0.142 e. The zero-order valence-electron chi connectivity index (χ0n) is 11.4. The van der Waals surface area contributed by atoms with Crippen LogP contribution < -0.4 is 5.73 Å². The van der Waals surface area contributed by atoms with E-state index in [1.165, 1.54) is 11.1 Å². The summed E-state index contributed by atoms with van der Waals surface area (Å²) < 4.78 is 1.95. The van der Waals surface area contributed by atoms with Crippen LogP contribution in [0, 0.1) is 20.8 Å². The van der Waals surface area contributed by atoms with Gasteiger partial charge in [0.15, 0.2) is 0 Å². The number of hydrogen-bond acceptors (Lipinski definition) is 2. The molecule has 0 amide bonds. The van der Waals surface area contributed by atoms with Crippen LogP contribution in [0.2, 0.25) is 0 Å². The van der Waals surface area contributed by atoms with Crippen LogP contribution in [-0.2, 0) is 0 Å². The van der Waals surface area contributed by atoms with Gasteiger partial charge in [-0.3, -0.25) is 4.40 Å². The van der Waals surface area contributed by atoms with Gasteiger partial charge in [0.25, 0.3) is 0 Å². The van der Waals surface area contributed by atoms with Crippen LogP contribution in [0.15, 0.2) is 36.5 Å². The summed E-state index contributed by atoms with van der Waals surface area (Å²) in [5.41, 5.74) is 12.7. The molecule has 0 saturated carbocycles. The van der Waals surface area contributed by atoms with Gasteiger partial charge in [-0.1, -0.05) is 23.3 Å². The number of nitrogen functional groups attached to an aromatic ring is 1. The normalized spacial score (nSPS) is 11.1. The van der Waals surface area contributed by atoms with Crippen LogP contribution in [0.1, 0.15) is 16.7 Å². The maximum Gasteiger partial charge on any atom is 0.142 e. The fourth-order valence-electron chi connectivity index (χ4n) is 2.55. The van der Waals surface area contributed by atoms with Crippen LogP contribution in [0.3, 0.4) is 0 Å². The summed E-state index contributed by atoms with van der Waals surface area (Å²) in [6.45, 7) is 6.23. The predicted octanol–water partition coefficient (Wildman–Crippen LogP) is 3.51. The van der Waals surface area contributed by atoms with Gasteiger partial charge >= 0.3 is 0 Å².